The Hall–Kier alpha value is -2.66. The van der Waals surface area contributed by atoms with Crippen molar-refractivity contribution in [3.63, 3.8) is 0 Å². The smallest absolute Gasteiger partial charge is 0.328 e. The van der Waals surface area contributed by atoms with E-state index in [2.05, 4.69) is 0 Å². The highest BCUT2D eigenvalue weighted by Gasteiger charge is 2.67. The van der Waals surface area contributed by atoms with Gasteiger partial charge in [-0.1, -0.05) is 54.1 Å². The third-order valence-corrected chi connectivity index (χ3v) is 6.00. The Morgan fingerprint density at radius 1 is 0.828 bits per heavy atom. The summed E-state index contributed by atoms with van der Waals surface area (Å²) in [7, 11) is 0. The lowest BCUT2D eigenvalue weighted by Gasteiger charge is -2.49. The average Bonchev–Trinajstić information content (AvgIpc) is 2.66. The molecule has 0 aromatic heterocycles. The fourth-order valence-electron chi connectivity index (χ4n) is 4.56. The van der Waals surface area contributed by atoms with Crippen LogP contribution in [0.5, 0.6) is 0 Å². The molecule has 150 valence electrons. The highest BCUT2D eigenvalue weighted by Crippen LogP contribution is 2.57. The fraction of sp³-hybridized carbons (Fsp3) is 0.348. The molecule has 2 aromatic rings. The molecule has 1 aliphatic carbocycles. The zero-order valence-corrected chi connectivity index (χ0v) is 16.9. The first-order chi connectivity index (χ1) is 13.7. The van der Waals surface area contributed by atoms with Crippen LogP contribution in [0.1, 0.15) is 49.7 Å². The molecule has 0 N–H and O–H groups in total. The van der Waals surface area contributed by atoms with Crippen LogP contribution >= 0.6 is 11.6 Å². The molecule has 2 fully saturated rings. The van der Waals surface area contributed by atoms with Gasteiger partial charge < -0.3 is 9.47 Å². The van der Waals surface area contributed by atoms with Gasteiger partial charge in [-0.15, -0.1) is 0 Å². The van der Waals surface area contributed by atoms with Crippen LogP contribution in [0, 0.1) is 5.41 Å². The summed E-state index contributed by atoms with van der Waals surface area (Å²) >= 11 is 6.18. The molecule has 1 heterocycles. The van der Waals surface area contributed by atoms with E-state index in [-0.39, 0.29) is 18.6 Å². The third kappa shape index (κ3) is 3.23. The van der Waals surface area contributed by atoms with Crippen LogP contribution in [0.25, 0.3) is 0 Å². The summed E-state index contributed by atoms with van der Waals surface area (Å²) in [6, 6.07) is 16.0. The van der Waals surface area contributed by atoms with Gasteiger partial charge in [0, 0.05) is 43.5 Å². The van der Waals surface area contributed by atoms with Gasteiger partial charge in [0.1, 0.15) is 5.78 Å². The van der Waals surface area contributed by atoms with E-state index in [1.54, 1.807) is 24.3 Å². The fourth-order valence-corrected chi connectivity index (χ4v) is 4.76. The van der Waals surface area contributed by atoms with Crippen LogP contribution in [-0.2, 0) is 23.9 Å². The van der Waals surface area contributed by atoms with Crippen molar-refractivity contribution in [1.29, 1.82) is 0 Å². The number of ketones is 1. The molecule has 6 heteroatoms. The third-order valence-electron chi connectivity index (χ3n) is 5.77. The van der Waals surface area contributed by atoms with Crippen molar-refractivity contribution in [2.24, 2.45) is 5.41 Å². The van der Waals surface area contributed by atoms with Crippen LogP contribution in [0.15, 0.2) is 54.6 Å². The second-order valence-electron chi connectivity index (χ2n) is 8.07. The molecule has 1 saturated heterocycles. The largest absolute Gasteiger partial charge is 0.422 e. The number of ether oxygens (including phenoxy) is 2. The Labute approximate surface area is 174 Å². The Balaban J connectivity index is 1.95. The predicted molar refractivity (Wildman–Crippen MR) is 106 cm³/mol. The summed E-state index contributed by atoms with van der Waals surface area (Å²) in [5.74, 6) is -4.13. The molecule has 1 spiro atoms. The zero-order valence-electron chi connectivity index (χ0n) is 16.2. The van der Waals surface area contributed by atoms with E-state index in [4.69, 9.17) is 21.1 Å². The second kappa shape index (κ2) is 6.99. The summed E-state index contributed by atoms with van der Waals surface area (Å²) in [6.45, 7) is 3.05. The minimum atomic E-state index is -1.66. The van der Waals surface area contributed by atoms with Gasteiger partial charge in [0.2, 0.25) is 0 Å². The van der Waals surface area contributed by atoms with Crippen LogP contribution in [0.3, 0.4) is 0 Å². The first-order valence-electron chi connectivity index (χ1n) is 9.53. The van der Waals surface area contributed by atoms with Crippen LogP contribution in [-0.4, -0.2) is 23.5 Å². The van der Waals surface area contributed by atoms with E-state index in [0.717, 1.165) is 5.56 Å². The van der Waals surface area contributed by atoms with Gasteiger partial charge in [-0.05, 0) is 23.3 Å². The molecule has 2 aliphatic rings. The maximum atomic E-state index is 13.5. The first kappa shape index (κ1) is 19.6. The Morgan fingerprint density at radius 3 is 1.97 bits per heavy atom. The Kier molecular flexibility index (Phi) is 4.74. The van der Waals surface area contributed by atoms with Gasteiger partial charge in [0.05, 0.1) is 0 Å². The lowest BCUT2D eigenvalue weighted by Crippen LogP contribution is -2.61. The standard InChI is InChI=1S/C23H21ClO5/c1-22(2)28-20(26)23(21(27)29-22)18(14-7-4-3-5-8-14)12-17(25)13-19(23)15-9-6-10-16(24)11-15/h3-11,18-19H,12-13H2,1-2H3/t18-,19+/m1/s1. The molecule has 5 nitrogen and oxygen atoms in total. The molecular weight excluding hydrogens is 392 g/mol. The van der Waals surface area contributed by atoms with Crippen molar-refractivity contribution in [2.75, 3.05) is 0 Å². The van der Waals surface area contributed by atoms with Gasteiger partial charge in [-0.3, -0.25) is 14.4 Å². The summed E-state index contributed by atoms with van der Waals surface area (Å²) < 4.78 is 11.2. The number of carbonyl (C=O) groups excluding carboxylic acids is 3. The lowest BCUT2D eigenvalue weighted by atomic mass is 9.55. The zero-order chi connectivity index (χ0) is 20.8. The topological polar surface area (TPSA) is 69.7 Å². The lowest BCUT2D eigenvalue weighted by molar-refractivity contribution is -0.256. The quantitative estimate of drug-likeness (QED) is 0.540. The van der Waals surface area contributed by atoms with Crippen molar-refractivity contribution in [2.45, 2.75) is 44.3 Å². The molecular formula is C23H21ClO5. The van der Waals surface area contributed by atoms with Gasteiger partial charge in [-0.2, -0.15) is 0 Å². The molecule has 2 atom stereocenters. The van der Waals surface area contributed by atoms with Crippen LogP contribution in [0.2, 0.25) is 5.02 Å². The summed E-state index contributed by atoms with van der Waals surface area (Å²) in [5.41, 5.74) is -0.295. The molecule has 0 amide bonds. The SMILES string of the molecule is CC1(C)OC(=O)C2(C(=O)O1)[C@@H](c1ccccc1)CC(=O)C[C@H]2c1cccc(Cl)c1. The van der Waals surface area contributed by atoms with Crippen molar-refractivity contribution >= 4 is 29.3 Å². The van der Waals surface area contributed by atoms with Gasteiger partial charge in [0.25, 0.3) is 5.79 Å². The summed E-state index contributed by atoms with van der Waals surface area (Å²) in [4.78, 5) is 39.7. The molecule has 1 saturated carbocycles. The second-order valence-corrected chi connectivity index (χ2v) is 8.50. The number of Topliss-reactive ketones (excluding diaryl/α,β-unsaturated/α-hetero) is 1. The van der Waals surface area contributed by atoms with E-state index in [1.807, 2.05) is 30.3 Å². The van der Waals surface area contributed by atoms with E-state index in [0.29, 0.717) is 10.6 Å². The minimum Gasteiger partial charge on any atom is -0.422 e. The molecule has 29 heavy (non-hydrogen) atoms. The molecule has 2 aromatic carbocycles. The minimum absolute atomic E-state index is 0.0279. The number of cyclic esters (lactones) is 2. The Morgan fingerprint density at radius 2 is 1.38 bits per heavy atom. The number of carbonyl (C=O) groups is 3. The maximum Gasteiger partial charge on any atom is 0.328 e. The Bertz CT molecular complexity index is 962. The summed E-state index contributed by atoms with van der Waals surface area (Å²) in [5, 5.41) is 0.463. The molecule has 0 radical (unpaired) electrons. The maximum absolute atomic E-state index is 13.5. The van der Waals surface area contributed by atoms with Gasteiger partial charge in [-0.25, -0.2) is 0 Å². The van der Waals surface area contributed by atoms with Crippen molar-refractivity contribution < 1.29 is 23.9 Å². The molecule has 4 rings (SSSR count). The predicted octanol–water partition coefficient (Wildman–Crippen LogP) is 4.39. The highest BCUT2D eigenvalue weighted by molar-refractivity contribution is 6.30. The van der Waals surface area contributed by atoms with Crippen LogP contribution < -0.4 is 0 Å². The molecule has 0 unspecified atom stereocenters. The molecule has 1 aliphatic heterocycles. The van der Waals surface area contributed by atoms with E-state index >= 15 is 0 Å². The number of hydrogen-bond donors (Lipinski definition) is 0. The van der Waals surface area contributed by atoms with Crippen LogP contribution in [0.4, 0.5) is 0 Å². The van der Waals surface area contributed by atoms with E-state index in [1.165, 1.54) is 13.8 Å². The van der Waals surface area contributed by atoms with E-state index in [9.17, 15) is 14.4 Å². The van der Waals surface area contributed by atoms with Crippen molar-refractivity contribution in [1.82, 2.24) is 0 Å². The average molecular weight is 413 g/mol. The monoisotopic (exact) mass is 412 g/mol. The van der Waals surface area contributed by atoms with Crippen molar-refractivity contribution in [3.8, 4) is 0 Å². The first-order valence-corrected chi connectivity index (χ1v) is 9.91. The number of benzene rings is 2. The number of halogens is 1. The van der Waals surface area contributed by atoms with Gasteiger partial charge >= 0.3 is 11.9 Å². The molecule has 0 bridgehead atoms. The number of rotatable bonds is 2. The van der Waals surface area contributed by atoms with Gasteiger partial charge in [0.15, 0.2) is 5.41 Å². The highest BCUT2D eigenvalue weighted by atomic mass is 35.5. The van der Waals surface area contributed by atoms with E-state index < -0.39 is 35.0 Å². The summed E-state index contributed by atoms with van der Waals surface area (Å²) in [6.07, 6.45) is 0.0972. The van der Waals surface area contributed by atoms with Crippen molar-refractivity contribution in [3.05, 3.63) is 70.7 Å². The normalized spacial score (nSPS) is 25.4. The number of esters is 2. The number of hydrogen-bond acceptors (Lipinski definition) is 5.